The largest absolute Gasteiger partial charge is 0.444 e. The highest BCUT2D eigenvalue weighted by molar-refractivity contribution is 5.87. The van der Waals surface area contributed by atoms with Gasteiger partial charge >= 0.3 is 6.09 Å². The zero-order valence-electron chi connectivity index (χ0n) is 17.8. The summed E-state index contributed by atoms with van der Waals surface area (Å²) in [5, 5.41) is 7.40. The number of anilines is 2. The molecule has 0 bridgehead atoms. The Morgan fingerprint density at radius 3 is 2.70 bits per heavy atom. The Labute approximate surface area is 176 Å². The Morgan fingerprint density at radius 2 is 2.03 bits per heavy atom. The van der Waals surface area contributed by atoms with Crippen molar-refractivity contribution in [2.45, 2.75) is 33.9 Å². The van der Waals surface area contributed by atoms with Crippen LogP contribution in [0.25, 0.3) is 11.3 Å². The minimum absolute atomic E-state index is 0.115. The smallest absolute Gasteiger partial charge is 0.413 e. The summed E-state index contributed by atoms with van der Waals surface area (Å²) in [6, 6.07) is 13.6. The minimum Gasteiger partial charge on any atom is -0.444 e. The van der Waals surface area contributed by atoms with E-state index in [1.165, 1.54) is 5.56 Å². The second-order valence-electron chi connectivity index (χ2n) is 7.10. The topological polar surface area (TPSA) is 94.5 Å². The lowest BCUT2D eigenvalue weighted by molar-refractivity contribution is 0.155. The van der Waals surface area contributed by atoms with Crippen molar-refractivity contribution in [3.63, 3.8) is 0 Å². The van der Waals surface area contributed by atoms with Gasteiger partial charge in [0.05, 0.1) is 5.69 Å². The molecule has 0 unspecified atom stereocenters. The lowest BCUT2D eigenvalue weighted by Crippen LogP contribution is -2.16. The highest BCUT2D eigenvalue weighted by Crippen LogP contribution is 2.26. The SMILES string of the molecule is CCn1nc(-c2ccc(C)cc2C)cc1NC(=O)OCc1ccc(C=NC)c(N)c1. The Bertz CT molecular complexity index is 1090. The molecule has 7 heteroatoms. The number of aromatic nitrogens is 2. The number of rotatable bonds is 6. The molecule has 0 aliphatic rings. The van der Waals surface area contributed by atoms with Crippen molar-refractivity contribution in [2.24, 2.45) is 4.99 Å². The van der Waals surface area contributed by atoms with Crippen LogP contribution < -0.4 is 11.1 Å². The molecule has 2 aromatic carbocycles. The molecule has 30 heavy (non-hydrogen) atoms. The number of nitrogen functional groups attached to an aromatic ring is 1. The van der Waals surface area contributed by atoms with Crippen molar-refractivity contribution >= 4 is 23.8 Å². The molecule has 0 saturated carbocycles. The summed E-state index contributed by atoms with van der Waals surface area (Å²) in [5.41, 5.74) is 12.4. The molecule has 1 heterocycles. The number of aryl methyl sites for hydroxylation is 3. The number of aliphatic imine (C=N–C) groups is 1. The van der Waals surface area contributed by atoms with Gasteiger partial charge in [-0.15, -0.1) is 0 Å². The summed E-state index contributed by atoms with van der Waals surface area (Å²) in [6.07, 6.45) is 1.14. The quantitative estimate of drug-likeness (QED) is 0.464. The number of carbonyl (C=O) groups excluding carboxylic acids is 1. The molecule has 0 atom stereocenters. The Balaban J connectivity index is 1.69. The van der Waals surface area contributed by atoms with Gasteiger partial charge in [0.2, 0.25) is 0 Å². The van der Waals surface area contributed by atoms with E-state index in [1.807, 2.05) is 31.2 Å². The Kier molecular flexibility index (Phi) is 6.51. The highest BCUT2D eigenvalue weighted by Gasteiger charge is 2.14. The first kappa shape index (κ1) is 21.1. The fraction of sp³-hybridized carbons (Fsp3) is 0.261. The molecule has 0 aliphatic heterocycles. The van der Waals surface area contributed by atoms with Crippen LogP contribution in [0.5, 0.6) is 0 Å². The fourth-order valence-electron chi connectivity index (χ4n) is 3.25. The third-order valence-corrected chi connectivity index (χ3v) is 4.76. The van der Waals surface area contributed by atoms with Crippen LogP contribution in [0.1, 0.15) is 29.2 Å². The molecule has 3 N–H and O–H groups in total. The van der Waals surface area contributed by atoms with Gasteiger partial charge in [-0.05, 0) is 38.0 Å². The van der Waals surface area contributed by atoms with E-state index in [0.29, 0.717) is 18.1 Å². The lowest BCUT2D eigenvalue weighted by atomic mass is 10.0. The molecule has 0 aliphatic carbocycles. The van der Waals surface area contributed by atoms with Crippen molar-refractivity contribution in [3.8, 4) is 11.3 Å². The molecule has 3 aromatic rings. The van der Waals surface area contributed by atoms with Gasteiger partial charge in [-0.1, -0.05) is 35.9 Å². The van der Waals surface area contributed by atoms with E-state index < -0.39 is 6.09 Å². The average molecular weight is 406 g/mol. The molecular weight excluding hydrogens is 378 g/mol. The molecule has 0 spiro atoms. The maximum Gasteiger partial charge on any atom is 0.413 e. The van der Waals surface area contributed by atoms with Gasteiger partial charge in [0.15, 0.2) is 0 Å². The number of ether oxygens (including phenoxy) is 1. The molecule has 156 valence electrons. The van der Waals surface area contributed by atoms with Gasteiger partial charge < -0.3 is 10.5 Å². The number of carbonyl (C=O) groups is 1. The normalized spacial score (nSPS) is 11.1. The van der Waals surface area contributed by atoms with E-state index in [1.54, 1.807) is 24.0 Å². The number of hydrogen-bond acceptors (Lipinski definition) is 5. The molecule has 0 radical (unpaired) electrons. The third-order valence-electron chi connectivity index (χ3n) is 4.76. The number of nitrogens with zero attached hydrogens (tertiary/aromatic N) is 3. The molecule has 0 fully saturated rings. The predicted molar refractivity (Wildman–Crippen MR) is 121 cm³/mol. The van der Waals surface area contributed by atoms with Crippen molar-refractivity contribution in [1.29, 1.82) is 0 Å². The van der Waals surface area contributed by atoms with Crippen molar-refractivity contribution in [3.05, 3.63) is 64.7 Å². The number of amides is 1. The second kappa shape index (κ2) is 9.26. The maximum atomic E-state index is 12.3. The molecule has 3 rings (SSSR count). The van der Waals surface area contributed by atoms with Gasteiger partial charge in [0.25, 0.3) is 0 Å². The van der Waals surface area contributed by atoms with Crippen LogP contribution in [0, 0.1) is 13.8 Å². The number of benzene rings is 2. The standard InChI is InChI=1S/C23H27N5O2/c1-5-28-22(12-21(27-28)19-9-6-15(2)10-16(19)3)26-23(29)30-14-17-7-8-18(13-25-4)20(24)11-17/h6-13H,5,14,24H2,1-4H3,(H,26,29). The zero-order chi connectivity index (χ0) is 21.7. The van der Waals surface area contributed by atoms with Gasteiger partial charge in [-0.2, -0.15) is 5.10 Å². The molecule has 1 amide bonds. The van der Waals surface area contributed by atoms with Crippen molar-refractivity contribution in [1.82, 2.24) is 9.78 Å². The maximum absolute atomic E-state index is 12.3. The summed E-state index contributed by atoms with van der Waals surface area (Å²) >= 11 is 0. The van der Waals surface area contributed by atoms with Crippen LogP contribution in [0.2, 0.25) is 0 Å². The molecule has 1 aromatic heterocycles. The minimum atomic E-state index is -0.547. The van der Waals surface area contributed by atoms with Crippen LogP contribution in [-0.4, -0.2) is 29.1 Å². The molecular formula is C23H27N5O2. The van der Waals surface area contributed by atoms with Crippen LogP contribution in [-0.2, 0) is 17.9 Å². The average Bonchev–Trinajstić information content (AvgIpc) is 3.10. The van der Waals surface area contributed by atoms with E-state index in [4.69, 9.17) is 10.5 Å². The monoisotopic (exact) mass is 405 g/mol. The van der Waals surface area contributed by atoms with E-state index in [9.17, 15) is 4.79 Å². The first-order chi connectivity index (χ1) is 14.4. The summed E-state index contributed by atoms with van der Waals surface area (Å²) in [7, 11) is 1.69. The van der Waals surface area contributed by atoms with Crippen LogP contribution >= 0.6 is 0 Å². The van der Waals surface area contributed by atoms with E-state index in [-0.39, 0.29) is 6.61 Å². The van der Waals surface area contributed by atoms with E-state index in [0.717, 1.165) is 27.9 Å². The van der Waals surface area contributed by atoms with Gasteiger partial charge in [0.1, 0.15) is 12.4 Å². The van der Waals surface area contributed by atoms with Crippen LogP contribution in [0.4, 0.5) is 16.3 Å². The summed E-state index contributed by atoms with van der Waals surface area (Å²) in [5.74, 6) is 0.589. The predicted octanol–water partition coefficient (Wildman–Crippen LogP) is 4.57. The first-order valence-corrected chi connectivity index (χ1v) is 9.81. The fourth-order valence-corrected chi connectivity index (χ4v) is 3.25. The summed E-state index contributed by atoms with van der Waals surface area (Å²) < 4.78 is 7.10. The number of hydrogen-bond donors (Lipinski definition) is 2. The van der Waals surface area contributed by atoms with Gasteiger partial charge in [0, 0.05) is 42.7 Å². The van der Waals surface area contributed by atoms with Gasteiger partial charge in [-0.25, -0.2) is 9.48 Å². The first-order valence-electron chi connectivity index (χ1n) is 9.81. The summed E-state index contributed by atoms with van der Waals surface area (Å²) in [6.45, 7) is 6.82. The van der Waals surface area contributed by atoms with Gasteiger partial charge in [-0.3, -0.25) is 10.3 Å². The number of nitrogens with two attached hydrogens (primary N) is 1. The summed E-state index contributed by atoms with van der Waals surface area (Å²) in [4.78, 5) is 16.3. The highest BCUT2D eigenvalue weighted by atomic mass is 16.5. The number of nitrogens with one attached hydrogen (secondary N) is 1. The lowest BCUT2D eigenvalue weighted by Gasteiger charge is -2.09. The van der Waals surface area contributed by atoms with Crippen LogP contribution in [0.15, 0.2) is 47.5 Å². The Morgan fingerprint density at radius 1 is 1.23 bits per heavy atom. The molecule has 0 saturated heterocycles. The van der Waals surface area contributed by atoms with E-state index >= 15 is 0 Å². The van der Waals surface area contributed by atoms with Crippen molar-refractivity contribution in [2.75, 3.05) is 18.1 Å². The van der Waals surface area contributed by atoms with E-state index in [2.05, 4.69) is 41.4 Å². The van der Waals surface area contributed by atoms with Crippen LogP contribution in [0.3, 0.4) is 0 Å². The zero-order valence-corrected chi connectivity index (χ0v) is 17.8. The molecule has 7 nitrogen and oxygen atoms in total. The third kappa shape index (κ3) is 4.86. The Hall–Kier alpha value is -3.61. The van der Waals surface area contributed by atoms with Crippen molar-refractivity contribution < 1.29 is 9.53 Å². The second-order valence-corrected chi connectivity index (χ2v) is 7.10.